The molecule has 0 aliphatic carbocycles. The van der Waals surface area contributed by atoms with Gasteiger partial charge in [0.05, 0.1) is 5.56 Å². The van der Waals surface area contributed by atoms with Gasteiger partial charge in [-0.1, -0.05) is 18.2 Å². The van der Waals surface area contributed by atoms with Crippen molar-refractivity contribution < 1.29 is 28.6 Å². The molecule has 2 atom stereocenters. The maximum absolute atomic E-state index is 11.9. The summed E-state index contributed by atoms with van der Waals surface area (Å²) < 4.78 is 15.5. The number of cyclic esters (lactones) is 1. The Bertz CT molecular complexity index is 539. The fourth-order valence-corrected chi connectivity index (χ4v) is 2.25. The second-order valence-electron chi connectivity index (χ2n) is 5.08. The lowest BCUT2D eigenvalue weighted by Crippen LogP contribution is -2.27. The van der Waals surface area contributed by atoms with Gasteiger partial charge in [0.25, 0.3) is 0 Å². The van der Waals surface area contributed by atoms with Crippen molar-refractivity contribution in [3.05, 3.63) is 35.9 Å². The van der Waals surface area contributed by atoms with Crippen LogP contribution in [0, 0.1) is 0 Å². The van der Waals surface area contributed by atoms with E-state index in [1.54, 1.807) is 30.3 Å². The second kappa shape index (κ2) is 7.59. The minimum atomic E-state index is -0.605. The van der Waals surface area contributed by atoms with Crippen LogP contribution in [0.25, 0.3) is 0 Å². The highest BCUT2D eigenvalue weighted by atomic mass is 16.6. The summed E-state index contributed by atoms with van der Waals surface area (Å²) in [4.78, 5) is 34.4. The maximum atomic E-state index is 11.9. The van der Waals surface area contributed by atoms with Gasteiger partial charge in [0.15, 0.2) is 0 Å². The van der Waals surface area contributed by atoms with E-state index in [1.807, 2.05) is 0 Å². The zero-order valence-electron chi connectivity index (χ0n) is 12.3. The molecule has 22 heavy (non-hydrogen) atoms. The Hall–Kier alpha value is -2.37. The molecule has 118 valence electrons. The Labute approximate surface area is 128 Å². The molecule has 1 saturated heterocycles. The van der Waals surface area contributed by atoms with Crippen LogP contribution < -0.4 is 0 Å². The first kappa shape index (κ1) is 16.0. The number of hydrogen-bond donors (Lipinski definition) is 0. The maximum Gasteiger partial charge on any atom is 0.338 e. The summed E-state index contributed by atoms with van der Waals surface area (Å²) in [5, 5.41) is 0. The van der Waals surface area contributed by atoms with Gasteiger partial charge < -0.3 is 14.2 Å². The van der Waals surface area contributed by atoms with Gasteiger partial charge in [-0.05, 0) is 18.6 Å². The summed E-state index contributed by atoms with van der Waals surface area (Å²) in [6, 6.07) is 8.55. The van der Waals surface area contributed by atoms with Gasteiger partial charge in [0.1, 0.15) is 18.8 Å². The van der Waals surface area contributed by atoms with Crippen molar-refractivity contribution in [2.45, 2.75) is 38.4 Å². The molecule has 0 radical (unpaired) electrons. The minimum Gasteiger partial charge on any atom is -0.462 e. The van der Waals surface area contributed by atoms with Gasteiger partial charge in [-0.3, -0.25) is 9.59 Å². The van der Waals surface area contributed by atoms with Crippen LogP contribution in [0.2, 0.25) is 0 Å². The van der Waals surface area contributed by atoms with Gasteiger partial charge in [0.2, 0.25) is 0 Å². The van der Waals surface area contributed by atoms with Crippen LogP contribution >= 0.6 is 0 Å². The Balaban J connectivity index is 1.90. The van der Waals surface area contributed by atoms with Crippen molar-refractivity contribution in [1.29, 1.82) is 0 Å². The lowest BCUT2D eigenvalue weighted by atomic mass is 10.1. The van der Waals surface area contributed by atoms with E-state index in [0.717, 1.165) is 0 Å². The van der Waals surface area contributed by atoms with Gasteiger partial charge in [0, 0.05) is 19.8 Å². The highest BCUT2D eigenvalue weighted by Gasteiger charge is 2.28. The molecular formula is C16H18O6. The third kappa shape index (κ3) is 4.87. The van der Waals surface area contributed by atoms with Gasteiger partial charge in [-0.25, -0.2) is 4.79 Å². The highest BCUT2D eigenvalue weighted by Crippen LogP contribution is 2.19. The van der Waals surface area contributed by atoms with E-state index in [2.05, 4.69) is 0 Å². The molecule has 1 aromatic carbocycles. The van der Waals surface area contributed by atoms with Crippen molar-refractivity contribution in [3.63, 3.8) is 0 Å². The first-order valence-corrected chi connectivity index (χ1v) is 7.13. The molecular weight excluding hydrogens is 288 g/mol. The van der Waals surface area contributed by atoms with Crippen molar-refractivity contribution in [3.8, 4) is 0 Å². The Morgan fingerprint density at radius 3 is 2.68 bits per heavy atom. The fourth-order valence-electron chi connectivity index (χ4n) is 2.25. The van der Waals surface area contributed by atoms with Crippen LogP contribution in [-0.4, -0.2) is 36.7 Å². The molecule has 1 fully saturated rings. The average molecular weight is 306 g/mol. The van der Waals surface area contributed by atoms with Crippen molar-refractivity contribution in [2.75, 3.05) is 6.61 Å². The molecule has 2 unspecified atom stereocenters. The molecule has 0 amide bonds. The normalized spacial score (nSPS) is 21.4. The van der Waals surface area contributed by atoms with E-state index >= 15 is 0 Å². The molecule has 0 N–H and O–H groups in total. The number of hydrogen-bond acceptors (Lipinski definition) is 6. The number of rotatable bonds is 4. The van der Waals surface area contributed by atoms with Crippen molar-refractivity contribution in [2.24, 2.45) is 0 Å². The smallest absolute Gasteiger partial charge is 0.338 e. The van der Waals surface area contributed by atoms with Gasteiger partial charge >= 0.3 is 17.9 Å². The lowest BCUT2D eigenvalue weighted by Gasteiger charge is -2.19. The van der Waals surface area contributed by atoms with E-state index in [9.17, 15) is 14.4 Å². The second-order valence-corrected chi connectivity index (χ2v) is 5.08. The number of ether oxygens (including phenoxy) is 3. The molecule has 2 rings (SSSR count). The van der Waals surface area contributed by atoms with Crippen molar-refractivity contribution in [1.82, 2.24) is 0 Å². The molecule has 1 aliphatic rings. The fraction of sp³-hybridized carbons (Fsp3) is 0.438. The van der Waals surface area contributed by atoms with E-state index in [-0.39, 0.29) is 19.0 Å². The van der Waals surface area contributed by atoms with Crippen molar-refractivity contribution >= 4 is 17.9 Å². The number of benzene rings is 1. The summed E-state index contributed by atoms with van der Waals surface area (Å²) in [5.74, 6) is -1.26. The van der Waals surface area contributed by atoms with E-state index in [1.165, 1.54) is 6.92 Å². The zero-order chi connectivity index (χ0) is 15.9. The number of carbonyl (C=O) groups excluding carboxylic acids is 3. The molecule has 0 spiro atoms. The molecule has 1 heterocycles. The van der Waals surface area contributed by atoms with Gasteiger partial charge in [-0.2, -0.15) is 0 Å². The summed E-state index contributed by atoms with van der Waals surface area (Å²) in [5.41, 5.74) is 0.430. The highest BCUT2D eigenvalue weighted by molar-refractivity contribution is 5.89. The lowest BCUT2D eigenvalue weighted by molar-refractivity contribution is -0.150. The molecule has 1 aromatic rings. The number of esters is 3. The topological polar surface area (TPSA) is 78.9 Å². The summed E-state index contributed by atoms with van der Waals surface area (Å²) >= 11 is 0. The molecule has 6 nitrogen and oxygen atoms in total. The van der Waals surface area contributed by atoms with E-state index in [4.69, 9.17) is 14.2 Å². The Morgan fingerprint density at radius 2 is 2.00 bits per heavy atom. The minimum absolute atomic E-state index is 0.0583. The third-order valence-corrected chi connectivity index (χ3v) is 3.24. The monoisotopic (exact) mass is 306 g/mol. The summed E-state index contributed by atoms with van der Waals surface area (Å²) in [6.45, 7) is 1.26. The van der Waals surface area contributed by atoms with E-state index in [0.29, 0.717) is 18.4 Å². The predicted octanol–water partition coefficient (Wildman–Crippen LogP) is 1.87. The van der Waals surface area contributed by atoms with Crippen LogP contribution in [0.15, 0.2) is 30.3 Å². The van der Waals surface area contributed by atoms with Crippen LogP contribution in [-0.2, 0) is 23.8 Å². The first-order valence-electron chi connectivity index (χ1n) is 7.13. The Kier molecular flexibility index (Phi) is 5.52. The standard InChI is InChI=1S/C16H18O6/c1-11(17)21-13-7-8-15(18)22-14(9-13)10-20-16(19)12-5-3-2-4-6-12/h2-6,13-14H,7-10H2,1H3. The van der Waals surface area contributed by atoms with Crippen LogP contribution in [0.4, 0.5) is 0 Å². The Morgan fingerprint density at radius 1 is 1.27 bits per heavy atom. The quantitative estimate of drug-likeness (QED) is 0.624. The molecule has 0 bridgehead atoms. The van der Waals surface area contributed by atoms with Gasteiger partial charge in [-0.15, -0.1) is 0 Å². The van der Waals surface area contributed by atoms with Crippen LogP contribution in [0.1, 0.15) is 36.5 Å². The molecule has 6 heteroatoms. The van der Waals surface area contributed by atoms with Crippen LogP contribution in [0.3, 0.4) is 0 Å². The van der Waals surface area contributed by atoms with Crippen LogP contribution in [0.5, 0.6) is 0 Å². The molecule has 1 aliphatic heterocycles. The first-order chi connectivity index (χ1) is 10.5. The zero-order valence-corrected chi connectivity index (χ0v) is 12.3. The number of carbonyl (C=O) groups is 3. The molecule has 0 saturated carbocycles. The predicted molar refractivity (Wildman–Crippen MR) is 76.0 cm³/mol. The summed E-state index contributed by atoms with van der Waals surface area (Å²) in [6.07, 6.45) is -0.0767. The SMILES string of the molecule is CC(=O)OC1CCC(=O)OC(COC(=O)c2ccccc2)C1. The average Bonchev–Trinajstić information content (AvgIpc) is 2.67. The third-order valence-electron chi connectivity index (χ3n) is 3.24. The molecule has 0 aromatic heterocycles. The van der Waals surface area contributed by atoms with E-state index < -0.39 is 24.1 Å². The largest absolute Gasteiger partial charge is 0.462 e. The summed E-state index contributed by atoms with van der Waals surface area (Å²) in [7, 11) is 0.